The molecule has 3 nitrogen and oxygen atoms in total. The topological polar surface area (TPSA) is 50.1 Å². The van der Waals surface area contributed by atoms with Crippen molar-refractivity contribution in [3.63, 3.8) is 0 Å². The zero-order valence-electron chi connectivity index (χ0n) is 8.50. The average Bonchev–Trinajstić information content (AvgIpc) is 2.16. The number of carbonyl (C=O) groups excluding carboxylic acids is 1. The Morgan fingerprint density at radius 2 is 2.27 bits per heavy atom. The van der Waals surface area contributed by atoms with Crippen LogP contribution in [0.25, 0.3) is 0 Å². The Kier molecular flexibility index (Phi) is 4.09. The van der Waals surface area contributed by atoms with Crippen molar-refractivity contribution in [3.8, 4) is 11.8 Å². The van der Waals surface area contributed by atoms with Crippen LogP contribution in [0.3, 0.4) is 0 Å². The molecule has 0 saturated carbocycles. The van der Waals surface area contributed by atoms with Gasteiger partial charge in [0.1, 0.15) is 11.8 Å². The van der Waals surface area contributed by atoms with E-state index in [4.69, 9.17) is 10.00 Å². The second-order valence-corrected chi connectivity index (χ2v) is 4.17. The summed E-state index contributed by atoms with van der Waals surface area (Å²) < 4.78 is 6.23. The van der Waals surface area contributed by atoms with E-state index in [0.29, 0.717) is 23.5 Å². The molecule has 0 unspecified atom stereocenters. The number of nitriles is 1. The van der Waals surface area contributed by atoms with Crippen molar-refractivity contribution in [3.05, 3.63) is 26.8 Å². The molecule has 0 heterocycles. The number of benzene rings is 1. The highest BCUT2D eigenvalue weighted by Crippen LogP contribution is 2.26. The first-order valence-corrected chi connectivity index (χ1v) is 5.55. The number of ether oxygens (including phenoxy) is 1. The van der Waals surface area contributed by atoms with Crippen LogP contribution in [0.15, 0.2) is 12.1 Å². The Balaban J connectivity index is 3.41. The third kappa shape index (κ3) is 2.69. The molecule has 1 aromatic carbocycles. The third-order valence-corrected chi connectivity index (χ3v) is 2.46. The van der Waals surface area contributed by atoms with Gasteiger partial charge in [0.05, 0.1) is 17.7 Å². The summed E-state index contributed by atoms with van der Waals surface area (Å²) in [7, 11) is 0. The Hall–Kier alpha value is -1.09. The molecule has 0 N–H and O–H groups in total. The number of nitrogens with zero attached hydrogens (tertiary/aromatic N) is 1. The number of ketones is 1. The van der Waals surface area contributed by atoms with Crippen molar-refractivity contribution in [1.29, 1.82) is 5.26 Å². The monoisotopic (exact) mass is 315 g/mol. The zero-order valence-corrected chi connectivity index (χ0v) is 10.7. The molecule has 0 bridgehead atoms. The number of hydrogen-bond acceptors (Lipinski definition) is 3. The molecule has 0 spiro atoms. The molecule has 0 atom stereocenters. The Bertz CT molecular complexity index is 435. The summed E-state index contributed by atoms with van der Waals surface area (Å²) in [6, 6.07) is 5.46. The van der Waals surface area contributed by atoms with Crippen LogP contribution in [-0.2, 0) is 0 Å². The van der Waals surface area contributed by atoms with Crippen molar-refractivity contribution >= 4 is 28.4 Å². The van der Waals surface area contributed by atoms with Gasteiger partial charge in [-0.1, -0.05) is 0 Å². The summed E-state index contributed by atoms with van der Waals surface area (Å²) in [5, 5.41) is 8.92. The first-order chi connectivity index (χ1) is 7.10. The molecule has 1 aromatic rings. The van der Waals surface area contributed by atoms with E-state index in [2.05, 4.69) is 22.6 Å². The van der Waals surface area contributed by atoms with Crippen LogP contribution in [0.1, 0.15) is 29.8 Å². The Morgan fingerprint density at radius 1 is 1.60 bits per heavy atom. The molecule has 0 aromatic heterocycles. The lowest BCUT2D eigenvalue weighted by Gasteiger charge is -2.09. The summed E-state index contributed by atoms with van der Waals surface area (Å²) in [5.41, 5.74) is 0.748. The van der Waals surface area contributed by atoms with E-state index in [1.54, 1.807) is 12.1 Å². The second-order valence-electron chi connectivity index (χ2n) is 2.93. The number of halogens is 1. The summed E-state index contributed by atoms with van der Waals surface area (Å²) >= 11 is 2.09. The standard InChI is InChI=1S/C11H10INO2/c1-3-15-10-5-9(12)4-8(6-13)11(10)7(2)14/h4-5H,3H2,1-2H3. The summed E-state index contributed by atoms with van der Waals surface area (Å²) in [5.74, 6) is 0.347. The van der Waals surface area contributed by atoms with Crippen molar-refractivity contribution in [2.75, 3.05) is 6.61 Å². The summed E-state index contributed by atoms with van der Waals surface area (Å²) in [6.45, 7) is 3.76. The van der Waals surface area contributed by atoms with Crippen molar-refractivity contribution in [2.45, 2.75) is 13.8 Å². The van der Waals surface area contributed by atoms with E-state index in [1.807, 2.05) is 13.0 Å². The fourth-order valence-corrected chi connectivity index (χ4v) is 1.90. The molecule has 0 radical (unpaired) electrons. The smallest absolute Gasteiger partial charge is 0.164 e. The van der Waals surface area contributed by atoms with Crippen LogP contribution >= 0.6 is 22.6 Å². The second kappa shape index (κ2) is 5.12. The normalized spacial score (nSPS) is 9.47. The lowest BCUT2D eigenvalue weighted by molar-refractivity contribution is 0.101. The zero-order chi connectivity index (χ0) is 11.4. The van der Waals surface area contributed by atoms with Gasteiger partial charge in [0.25, 0.3) is 0 Å². The van der Waals surface area contributed by atoms with Gasteiger partial charge in [-0.05, 0) is 48.6 Å². The van der Waals surface area contributed by atoms with E-state index >= 15 is 0 Å². The van der Waals surface area contributed by atoms with Crippen LogP contribution < -0.4 is 4.74 Å². The number of hydrogen-bond donors (Lipinski definition) is 0. The summed E-state index contributed by atoms with van der Waals surface area (Å²) in [4.78, 5) is 11.4. The fraction of sp³-hybridized carbons (Fsp3) is 0.273. The van der Waals surface area contributed by atoms with Crippen LogP contribution in [-0.4, -0.2) is 12.4 Å². The van der Waals surface area contributed by atoms with Gasteiger partial charge in [-0.2, -0.15) is 5.26 Å². The van der Waals surface area contributed by atoms with Gasteiger partial charge in [0.15, 0.2) is 5.78 Å². The predicted octanol–water partition coefficient (Wildman–Crippen LogP) is 2.76. The predicted molar refractivity (Wildman–Crippen MR) is 65.0 cm³/mol. The van der Waals surface area contributed by atoms with Crippen LogP contribution in [0.4, 0.5) is 0 Å². The molecule has 0 aliphatic heterocycles. The maximum Gasteiger partial charge on any atom is 0.164 e. The highest BCUT2D eigenvalue weighted by Gasteiger charge is 2.15. The fourth-order valence-electron chi connectivity index (χ4n) is 1.30. The number of Topliss-reactive ketones (excluding diaryl/α,β-unsaturated/α-hetero) is 1. The van der Waals surface area contributed by atoms with Gasteiger partial charge in [-0.25, -0.2) is 0 Å². The van der Waals surface area contributed by atoms with Crippen LogP contribution in [0.2, 0.25) is 0 Å². The first kappa shape index (κ1) is 12.0. The molecule has 1 rings (SSSR count). The largest absolute Gasteiger partial charge is 0.493 e. The first-order valence-electron chi connectivity index (χ1n) is 4.47. The Labute approximate surface area is 102 Å². The highest BCUT2D eigenvalue weighted by atomic mass is 127. The molecule has 0 aliphatic carbocycles. The minimum absolute atomic E-state index is 0.147. The average molecular weight is 315 g/mol. The maximum atomic E-state index is 11.4. The van der Waals surface area contributed by atoms with Crippen molar-refractivity contribution < 1.29 is 9.53 Å². The Morgan fingerprint density at radius 3 is 2.73 bits per heavy atom. The van der Waals surface area contributed by atoms with Gasteiger partial charge in [0.2, 0.25) is 0 Å². The molecular formula is C11H10INO2. The third-order valence-electron chi connectivity index (χ3n) is 1.84. The molecule has 0 aliphatic rings. The molecule has 0 amide bonds. The number of carbonyl (C=O) groups is 1. The van der Waals surface area contributed by atoms with E-state index in [0.717, 1.165) is 3.57 Å². The van der Waals surface area contributed by atoms with Crippen molar-refractivity contribution in [1.82, 2.24) is 0 Å². The molecule has 15 heavy (non-hydrogen) atoms. The van der Waals surface area contributed by atoms with Gasteiger partial charge in [-0.15, -0.1) is 0 Å². The highest BCUT2D eigenvalue weighted by molar-refractivity contribution is 14.1. The molecule has 0 saturated heterocycles. The minimum atomic E-state index is -0.147. The van der Waals surface area contributed by atoms with Gasteiger partial charge < -0.3 is 4.74 Å². The van der Waals surface area contributed by atoms with Gasteiger partial charge >= 0.3 is 0 Å². The lowest BCUT2D eigenvalue weighted by Crippen LogP contribution is -2.04. The van der Waals surface area contributed by atoms with E-state index < -0.39 is 0 Å². The van der Waals surface area contributed by atoms with Gasteiger partial charge in [-0.3, -0.25) is 4.79 Å². The molecule has 78 valence electrons. The van der Waals surface area contributed by atoms with E-state index in [-0.39, 0.29) is 5.78 Å². The summed E-state index contributed by atoms with van der Waals surface area (Å²) in [6.07, 6.45) is 0. The maximum absolute atomic E-state index is 11.4. The lowest BCUT2D eigenvalue weighted by atomic mass is 10.0. The number of rotatable bonds is 3. The SMILES string of the molecule is CCOc1cc(I)cc(C#N)c1C(C)=O. The van der Waals surface area contributed by atoms with E-state index in [1.165, 1.54) is 6.92 Å². The molecule has 4 heteroatoms. The van der Waals surface area contributed by atoms with Crippen LogP contribution in [0.5, 0.6) is 5.75 Å². The minimum Gasteiger partial charge on any atom is -0.493 e. The molecular weight excluding hydrogens is 305 g/mol. The van der Waals surface area contributed by atoms with E-state index in [9.17, 15) is 4.79 Å². The van der Waals surface area contributed by atoms with Crippen molar-refractivity contribution in [2.24, 2.45) is 0 Å². The quantitative estimate of drug-likeness (QED) is 0.636. The molecule has 0 fully saturated rings. The van der Waals surface area contributed by atoms with Crippen LogP contribution in [0, 0.1) is 14.9 Å². The van der Waals surface area contributed by atoms with Gasteiger partial charge in [0, 0.05) is 3.57 Å².